The smallest absolute Gasteiger partial charge is 0.123 e. The van der Waals surface area contributed by atoms with E-state index in [1.165, 1.54) is 12.1 Å². The third-order valence-electron chi connectivity index (χ3n) is 3.91. The Balaban J connectivity index is 1.56. The van der Waals surface area contributed by atoms with E-state index in [-0.39, 0.29) is 11.9 Å². The highest BCUT2D eigenvalue weighted by molar-refractivity contribution is 7.13. The minimum atomic E-state index is -0.225. The van der Waals surface area contributed by atoms with Gasteiger partial charge in [0.05, 0.1) is 11.8 Å². The molecule has 0 saturated heterocycles. The van der Waals surface area contributed by atoms with Crippen LogP contribution in [0.3, 0.4) is 0 Å². The van der Waals surface area contributed by atoms with Crippen molar-refractivity contribution in [3.05, 3.63) is 41.2 Å². The standard InChI is InChI=1S/C16H19FN2OS/c17-12-3-1-11(2-4-12)16-19-14(10-21-16)9-18-13-5-7-15(20)8-6-13/h1-4,10,13,15,18,20H,5-9H2. The van der Waals surface area contributed by atoms with Gasteiger partial charge in [0, 0.05) is 23.5 Å². The van der Waals surface area contributed by atoms with Crippen LogP contribution in [-0.2, 0) is 6.54 Å². The summed E-state index contributed by atoms with van der Waals surface area (Å²) in [6, 6.07) is 6.91. The van der Waals surface area contributed by atoms with Gasteiger partial charge in [-0.3, -0.25) is 0 Å². The summed E-state index contributed by atoms with van der Waals surface area (Å²) in [5.41, 5.74) is 1.97. The lowest BCUT2D eigenvalue weighted by atomic mass is 9.93. The number of nitrogens with zero attached hydrogens (tertiary/aromatic N) is 1. The lowest BCUT2D eigenvalue weighted by Crippen LogP contribution is -2.34. The number of thiazole rings is 1. The van der Waals surface area contributed by atoms with Crippen LogP contribution in [0.2, 0.25) is 0 Å². The van der Waals surface area contributed by atoms with Gasteiger partial charge in [0.25, 0.3) is 0 Å². The molecule has 0 spiro atoms. The zero-order chi connectivity index (χ0) is 14.7. The second-order valence-electron chi connectivity index (χ2n) is 5.54. The van der Waals surface area contributed by atoms with E-state index in [4.69, 9.17) is 0 Å². The maximum Gasteiger partial charge on any atom is 0.123 e. The Morgan fingerprint density at radius 1 is 1.19 bits per heavy atom. The van der Waals surface area contributed by atoms with E-state index in [9.17, 15) is 9.50 Å². The first-order valence-electron chi connectivity index (χ1n) is 7.32. The molecule has 0 unspecified atom stereocenters. The highest BCUT2D eigenvalue weighted by atomic mass is 32.1. The maximum atomic E-state index is 12.9. The van der Waals surface area contributed by atoms with Gasteiger partial charge in [-0.1, -0.05) is 0 Å². The fourth-order valence-corrected chi connectivity index (χ4v) is 3.47. The van der Waals surface area contributed by atoms with E-state index in [1.54, 1.807) is 23.5 Å². The number of aliphatic hydroxyl groups excluding tert-OH is 1. The fraction of sp³-hybridized carbons (Fsp3) is 0.438. The third-order valence-corrected chi connectivity index (χ3v) is 4.85. The molecule has 2 aromatic rings. The summed E-state index contributed by atoms with van der Waals surface area (Å²) < 4.78 is 12.9. The number of benzene rings is 1. The summed E-state index contributed by atoms with van der Waals surface area (Å²) in [4.78, 5) is 4.59. The van der Waals surface area contributed by atoms with Crippen LogP contribution < -0.4 is 5.32 Å². The van der Waals surface area contributed by atoms with Gasteiger partial charge in [0.2, 0.25) is 0 Å². The molecule has 1 saturated carbocycles. The van der Waals surface area contributed by atoms with Gasteiger partial charge in [-0.25, -0.2) is 9.37 Å². The summed E-state index contributed by atoms with van der Waals surface area (Å²) in [6.07, 6.45) is 3.70. The molecule has 0 amide bonds. The molecule has 3 rings (SSSR count). The van der Waals surface area contributed by atoms with E-state index < -0.39 is 0 Å². The van der Waals surface area contributed by atoms with Gasteiger partial charge in [0.1, 0.15) is 10.8 Å². The first kappa shape index (κ1) is 14.6. The molecular formula is C16H19FN2OS. The van der Waals surface area contributed by atoms with Crippen molar-refractivity contribution in [2.75, 3.05) is 0 Å². The largest absolute Gasteiger partial charge is 0.393 e. The topological polar surface area (TPSA) is 45.1 Å². The predicted octanol–water partition coefficient (Wildman–Crippen LogP) is 3.34. The van der Waals surface area contributed by atoms with E-state index in [0.717, 1.165) is 48.5 Å². The minimum Gasteiger partial charge on any atom is -0.393 e. The Labute approximate surface area is 127 Å². The van der Waals surface area contributed by atoms with Crippen molar-refractivity contribution >= 4 is 11.3 Å². The molecular weight excluding hydrogens is 287 g/mol. The van der Waals surface area contributed by atoms with Crippen LogP contribution in [0.5, 0.6) is 0 Å². The van der Waals surface area contributed by atoms with Crippen LogP contribution in [0.1, 0.15) is 31.4 Å². The maximum absolute atomic E-state index is 12.9. The van der Waals surface area contributed by atoms with Gasteiger partial charge < -0.3 is 10.4 Å². The number of nitrogens with one attached hydrogen (secondary N) is 1. The number of hydrogen-bond donors (Lipinski definition) is 2. The van der Waals surface area contributed by atoms with Gasteiger partial charge >= 0.3 is 0 Å². The van der Waals surface area contributed by atoms with E-state index in [1.807, 2.05) is 5.38 Å². The average Bonchev–Trinajstić information content (AvgIpc) is 2.96. The molecule has 1 heterocycles. The number of halogens is 1. The zero-order valence-electron chi connectivity index (χ0n) is 11.8. The van der Waals surface area contributed by atoms with Crippen molar-refractivity contribution in [2.45, 2.75) is 44.4 Å². The first-order chi connectivity index (χ1) is 10.2. The molecule has 112 valence electrons. The number of aromatic nitrogens is 1. The SMILES string of the molecule is OC1CCC(NCc2csc(-c3ccc(F)cc3)n2)CC1. The lowest BCUT2D eigenvalue weighted by molar-refractivity contribution is 0.116. The molecule has 1 aliphatic rings. The highest BCUT2D eigenvalue weighted by Crippen LogP contribution is 2.24. The van der Waals surface area contributed by atoms with E-state index in [0.29, 0.717) is 6.04 Å². The Morgan fingerprint density at radius 3 is 2.62 bits per heavy atom. The molecule has 2 N–H and O–H groups in total. The first-order valence-corrected chi connectivity index (χ1v) is 8.20. The predicted molar refractivity (Wildman–Crippen MR) is 82.6 cm³/mol. The van der Waals surface area contributed by atoms with Crippen molar-refractivity contribution in [3.63, 3.8) is 0 Å². The Bertz CT molecular complexity index is 576. The van der Waals surface area contributed by atoms with Crippen LogP contribution in [0.15, 0.2) is 29.6 Å². The second kappa shape index (κ2) is 6.64. The summed E-state index contributed by atoms with van der Waals surface area (Å²) in [5, 5.41) is 16.0. The zero-order valence-corrected chi connectivity index (χ0v) is 12.6. The van der Waals surface area contributed by atoms with Crippen molar-refractivity contribution in [1.29, 1.82) is 0 Å². The fourth-order valence-electron chi connectivity index (χ4n) is 2.64. The van der Waals surface area contributed by atoms with Crippen molar-refractivity contribution < 1.29 is 9.50 Å². The number of hydrogen-bond acceptors (Lipinski definition) is 4. The minimum absolute atomic E-state index is 0.118. The molecule has 5 heteroatoms. The average molecular weight is 306 g/mol. The molecule has 0 atom stereocenters. The van der Waals surface area contributed by atoms with Crippen LogP contribution in [0.25, 0.3) is 10.6 Å². The highest BCUT2D eigenvalue weighted by Gasteiger charge is 2.18. The molecule has 0 aliphatic heterocycles. The molecule has 1 aromatic carbocycles. The van der Waals surface area contributed by atoms with Gasteiger partial charge in [-0.05, 0) is 49.9 Å². The van der Waals surface area contributed by atoms with Crippen molar-refractivity contribution in [2.24, 2.45) is 0 Å². The van der Waals surface area contributed by atoms with Gasteiger partial charge in [0.15, 0.2) is 0 Å². The Kier molecular flexibility index (Phi) is 4.63. The molecule has 0 radical (unpaired) electrons. The van der Waals surface area contributed by atoms with E-state index in [2.05, 4.69) is 10.3 Å². The summed E-state index contributed by atoms with van der Waals surface area (Å²) in [5.74, 6) is -0.225. The van der Waals surface area contributed by atoms with Crippen LogP contribution in [-0.4, -0.2) is 22.2 Å². The van der Waals surface area contributed by atoms with Gasteiger partial charge in [-0.2, -0.15) is 0 Å². The quantitative estimate of drug-likeness (QED) is 0.910. The molecule has 1 aromatic heterocycles. The lowest BCUT2D eigenvalue weighted by Gasteiger charge is -2.25. The van der Waals surface area contributed by atoms with E-state index >= 15 is 0 Å². The van der Waals surface area contributed by atoms with Crippen LogP contribution in [0, 0.1) is 5.82 Å². The molecule has 1 fully saturated rings. The van der Waals surface area contributed by atoms with Crippen LogP contribution in [0.4, 0.5) is 4.39 Å². The molecule has 0 bridgehead atoms. The molecule has 3 nitrogen and oxygen atoms in total. The summed E-state index contributed by atoms with van der Waals surface area (Å²) in [6.45, 7) is 0.748. The third kappa shape index (κ3) is 3.87. The second-order valence-corrected chi connectivity index (χ2v) is 6.40. The van der Waals surface area contributed by atoms with Crippen molar-refractivity contribution in [1.82, 2.24) is 10.3 Å². The normalized spacial score (nSPS) is 22.4. The molecule has 1 aliphatic carbocycles. The summed E-state index contributed by atoms with van der Waals surface area (Å²) in [7, 11) is 0. The van der Waals surface area contributed by atoms with Crippen LogP contribution >= 0.6 is 11.3 Å². The monoisotopic (exact) mass is 306 g/mol. The molecule has 21 heavy (non-hydrogen) atoms. The summed E-state index contributed by atoms with van der Waals surface area (Å²) >= 11 is 1.58. The van der Waals surface area contributed by atoms with Crippen molar-refractivity contribution in [3.8, 4) is 10.6 Å². The Morgan fingerprint density at radius 2 is 1.90 bits per heavy atom. The number of rotatable bonds is 4. The number of aliphatic hydroxyl groups is 1. The Hall–Kier alpha value is -1.30. The van der Waals surface area contributed by atoms with Gasteiger partial charge in [-0.15, -0.1) is 11.3 Å².